The zero-order valence-electron chi connectivity index (χ0n) is 40.8. The molecule has 0 spiro atoms. The van der Waals surface area contributed by atoms with Crippen LogP contribution in [-0.2, 0) is 49.6 Å². The van der Waals surface area contributed by atoms with Gasteiger partial charge in [0.05, 0.1) is 49.3 Å². The Hall–Kier alpha value is -5.98. The zero-order chi connectivity index (χ0) is 52.3. The first-order chi connectivity index (χ1) is 32.4. The van der Waals surface area contributed by atoms with E-state index in [9.17, 15) is 58.5 Å². The minimum absolute atomic E-state index is 0.00218. The number of carbonyl (C=O) groups is 9. The summed E-state index contributed by atoms with van der Waals surface area (Å²) in [5.74, 6) is -9.47. The number of fused-ring (bicyclic) bond motifs is 2. The van der Waals surface area contributed by atoms with E-state index in [0.717, 1.165) is 12.0 Å². The summed E-state index contributed by atoms with van der Waals surface area (Å²) in [6.07, 6.45) is 0.116. The van der Waals surface area contributed by atoms with E-state index in [1.54, 1.807) is 26.2 Å². The van der Waals surface area contributed by atoms with Gasteiger partial charge in [0.25, 0.3) is 0 Å². The molecular formula is C45H72N10O13S. The normalized spacial score (nSPS) is 23.0. The number of carbonyl (C=O) groups excluding carboxylic acids is 9. The second-order valence-corrected chi connectivity index (χ2v) is 19.2. The van der Waals surface area contributed by atoms with Gasteiger partial charge in [0.15, 0.2) is 0 Å². The summed E-state index contributed by atoms with van der Waals surface area (Å²) < 4.78 is 0. The van der Waals surface area contributed by atoms with E-state index >= 15 is 0 Å². The number of nitrogens with two attached hydrogens (primary N) is 1. The molecule has 9 amide bonds. The summed E-state index contributed by atoms with van der Waals surface area (Å²) >= 11 is 1.29. The van der Waals surface area contributed by atoms with Crippen molar-refractivity contribution in [3.05, 3.63) is 23.8 Å². The molecule has 8 atom stereocenters. The molecule has 0 bridgehead atoms. The van der Waals surface area contributed by atoms with Crippen molar-refractivity contribution in [2.75, 3.05) is 46.2 Å². The van der Waals surface area contributed by atoms with Gasteiger partial charge in [0.2, 0.25) is 53.2 Å². The molecular weight excluding hydrogens is 921 g/mol. The molecule has 0 radical (unpaired) electrons. The summed E-state index contributed by atoms with van der Waals surface area (Å²) in [7, 11) is 1.00. The summed E-state index contributed by atoms with van der Waals surface area (Å²) in [5, 5.41) is 56.2. The number of primary amides is 1. The number of rotatable bonds is 10. The smallest absolute Gasteiger partial charge is 0.246 e. The molecule has 2 fully saturated rings. The molecule has 24 heteroatoms. The largest absolute Gasteiger partial charge is 0.508 e. The van der Waals surface area contributed by atoms with Gasteiger partial charge in [-0.05, 0) is 48.1 Å². The Bertz CT molecular complexity index is 2120. The number of aromatic amines is 1. The summed E-state index contributed by atoms with van der Waals surface area (Å²) in [4.78, 5) is 125. The van der Waals surface area contributed by atoms with Crippen molar-refractivity contribution in [1.29, 1.82) is 0 Å². The molecule has 4 rings (SSSR count). The highest BCUT2D eigenvalue weighted by atomic mass is 32.2. The van der Waals surface area contributed by atoms with Gasteiger partial charge in [-0.25, -0.2) is 0 Å². The molecule has 14 N–H and O–H groups in total. The number of benzene rings is 1. The van der Waals surface area contributed by atoms with Crippen LogP contribution in [-0.4, -0.2) is 166 Å². The van der Waals surface area contributed by atoms with E-state index in [4.69, 9.17) is 10.8 Å². The van der Waals surface area contributed by atoms with Gasteiger partial charge >= 0.3 is 0 Å². The third-order valence-electron chi connectivity index (χ3n) is 11.0. The maximum absolute atomic E-state index is 14.3. The standard InChI is InChI=1S/C39H56N10O12S.C5H12.CH4O/c1-5-18(2)32-36(59)43-14-29(54)41-15-30(55)44-25(13-28(40)53)39(61)49-10-6-7-26(49)35(58)48-33(19(3)27(52)17-50)37(60)45-24(34(57)42-16-31(56)47-32)12-22-21-9-8-20(51)11-23(21)46-38(22)62-4;1-5(2,3)4;1-2/h8-9,11,18-19,24-27,32-33,46,50-52H,5-7,10,12-17H2,1-4H3,(H2,40,53)(H,41,54)(H,42,57)(H,43,59)(H,44,55)(H,45,60)(H,47,56)(H,48,58);1-4H3;2H,1H3/t18?,19-,24?,25?,26?,27?,32?,33?;;/m0../s1. The minimum Gasteiger partial charge on any atom is -0.508 e. The number of phenols is 1. The molecule has 2 aliphatic rings. The lowest BCUT2D eigenvalue weighted by Crippen LogP contribution is -2.61. The molecule has 69 heavy (non-hydrogen) atoms. The number of hydrogen-bond acceptors (Lipinski definition) is 14. The highest BCUT2D eigenvalue weighted by Gasteiger charge is 2.42. The number of aliphatic hydroxyl groups is 3. The van der Waals surface area contributed by atoms with E-state index in [1.165, 1.54) is 30.8 Å². The Balaban J connectivity index is 0.00000218. The summed E-state index contributed by atoms with van der Waals surface area (Å²) in [6, 6.07) is -2.56. The first-order valence-electron chi connectivity index (χ1n) is 22.6. The molecule has 0 saturated carbocycles. The fourth-order valence-electron chi connectivity index (χ4n) is 7.23. The highest BCUT2D eigenvalue weighted by molar-refractivity contribution is 7.98. The van der Waals surface area contributed by atoms with E-state index in [0.29, 0.717) is 39.7 Å². The third kappa shape index (κ3) is 18.5. The zero-order valence-corrected chi connectivity index (χ0v) is 41.6. The quantitative estimate of drug-likeness (QED) is 0.115. The van der Waals surface area contributed by atoms with Crippen molar-refractivity contribution in [2.45, 2.75) is 122 Å². The molecule has 23 nitrogen and oxygen atoms in total. The Morgan fingerprint density at radius 3 is 2.01 bits per heavy atom. The van der Waals surface area contributed by atoms with Crippen molar-refractivity contribution >= 4 is 75.8 Å². The predicted octanol–water partition coefficient (Wildman–Crippen LogP) is -2.00. The second kappa shape index (κ2) is 27.9. The second-order valence-electron chi connectivity index (χ2n) is 18.4. The molecule has 2 aliphatic heterocycles. The SMILES string of the molecule is CC(C)(C)C.CCC(C)C1NC(=O)CNC(=O)C(Cc2c(SC)[nH]c3cc(O)ccc23)NC(=O)C([C@@H](C)C(O)CO)NC(=O)C2CCCN2C(=O)C(CC(N)=O)NC(=O)CNC(=O)CNC1=O.CO. The van der Waals surface area contributed by atoms with Crippen LogP contribution in [0.25, 0.3) is 10.9 Å². The van der Waals surface area contributed by atoms with Crippen molar-refractivity contribution in [2.24, 2.45) is 23.0 Å². The molecule has 1 aromatic carbocycles. The number of aromatic hydroxyl groups is 1. The minimum atomic E-state index is -1.63. The number of aromatic nitrogens is 1. The van der Waals surface area contributed by atoms with Crippen LogP contribution < -0.4 is 43.0 Å². The van der Waals surface area contributed by atoms with Crippen LogP contribution in [0.4, 0.5) is 0 Å². The summed E-state index contributed by atoms with van der Waals surface area (Å²) in [5.41, 5.74) is 6.97. The van der Waals surface area contributed by atoms with Crippen LogP contribution in [0.1, 0.15) is 79.7 Å². The molecule has 386 valence electrons. The van der Waals surface area contributed by atoms with Crippen molar-refractivity contribution < 1.29 is 63.6 Å². The van der Waals surface area contributed by atoms with Gasteiger partial charge in [-0.2, -0.15) is 0 Å². The van der Waals surface area contributed by atoms with E-state index in [2.05, 4.69) is 69.9 Å². The Morgan fingerprint density at radius 2 is 1.42 bits per heavy atom. The van der Waals surface area contributed by atoms with Crippen LogP contribution in [0.3, 0.4) is 0 Å². The Morgan fingerprint density at radius 1 is 0.826 bits per heavy atom. The van der Waals surface area contributed by atoms with Crippen LogP contribution in [0.5, 0.6) is 5.75 Å². The molecule has 7 unspecified atom stereocenters. The van der Waals surface area contributed by atoms with Gasteiger partial charge < -0.3 is 73.3 Å². The monoisotopic (exact) mass is 993 g/mol. The van der Waals surface area contributed by atoms with Crippen LogP contribution >= 0.6 is 11.8 Å². The van der Waals surface area contributed by atoms with Gasteiger partial charge in [-0.1, -0.05) is 54.9 Å². The van der Waals surface area contributed by atoms with Crippen molar-refractivity contribution in [1.82, 2.24) is 47.1 Å². The lowest BCUT2D eigenvalue weighted by molar-refractivity contribution is -0.143. The number of thioether (sulfide) groups is 1. The number of nitrogens with one attached hydrogen (secondary N) is 8. The highest BCUT2D eigenvalue weighted by Crippen LogP contribution is 2.32. The summed E-state index contributed by atoms with van der Waals surface area (Å²) in [6.45, 7) is 10.8. The van der Waals surface area contributed by atoms with E-state index < -0.39 is 134 Å². The maximum atomic E-state index is 14.3. The van der Waals surface area contributed by atoms with Gasteiger partial charge in [0, 0.05) is 37.4 Å². The topological polar surface area (TPSA) is 364 Å². The molecule has 2 saturated heterocycles. The molecule has 3 heterocycles. The maximum Gasteiger partial charge on any atom is 0.246 e. The van der Waals surface area contributed by atoms with Gasteiger partial charge in [-0.3, -0.25) is 43.2 Å². The van der Waals surface area contributed by atoms with Gasteiger partial charge in [-0.15, -0.1) is 11.8 Å². The van der Waals surface area contributed by atoms with Crippen LogP contribution in [0, 0.1) is 17.3 Å². The Kier molecular flexibility index (Phi) is 23.9. The fraction of sp³-hybridized carbons (Fsp3) is 0.622. The third-order valence-corrected chi connectivity index (χ3v) is 11.7. The lowest BCUT2D eigenvalue weighted by atomic mass is 9.94. The number of hydrogen-bond donors (Lipinski definition) is 13. The Labute approximate surface area is 406 Å². The molecule has 2 aromatic rings. The number of amides is 9. The van der Waals surface area contributed by atoms with Crippen LogP contribution in [0.15, 0.2) is 23.2 Å². The number of phenolic OH excluding ortho intramolecular Hbond substituents is 1. The lowest BCUT2D eigenvalue weighted by Gasteiger charge is -2.32. The number of aliphatic hydroxyl groups excluding tert-OH is 3. The van der Waals surface area contributed by atoms with E-state index in [-0.39, 0.29) is 25.1 Å². The molecule has 0 aliphatic carbocycles. The first-order valence-corrected chi connectivity index (χ1v) is 23.8. The number of nitrogens with zero attached hydrogens (tertiary/aromatic N) is 1. The predicted molar refractivity (Wildman–Crippen MR) is 256 cm³/mol. The first kappa shape index (κ1) is 59.1. The number of H-pyrrole nitrogens is 1. The van der Waals surface area contributed by atoms with Crippen LogP contribution in [0.2, 0.25) is 0 Å². The molecule has 1 aromatic heterocycles. The van der Waals surface area contributed by atoms with E-state index in [1.807, 2.05) is 0 Å². The average Bonchev–Trinajstić information content (AvgIpc) is 3.93. The van der Waals surface area contributed by atoms with Gasteiger partial charge in [0.1, 0.15) is 36.0 Å². The fourth-order valence-corrected chi connectivity index (χ4v) is 7.88. The van der Waals surface area contributed by atoms with Crippen molar-refractivity contribution in [3.8, 4) is 5.75 Å². The van der Waals surface area contributed by atoms with Crippen molar-refractivity contribution in [3.63, 3.8) is 0 Å². The average molecular weight is 993 g/mol.